The van der Waals surface area contributed by atoms with Crippen LogP contribution in [0.15, 0.2) is 42.5 Å². The third-order valence-corrected chi connectivity index (χ3v) is 3.95. The van der Waals surface area contributed by atoms with Crippen LogP contribution in [0.25, 0.3) is 0 Å². The molecule has 0 fully saturated rings. The van der Waals surface area contributed by atoms with Gasteiger partial charge in [-0.1, -0.05) is 13.8 Å². The maximum atomic E-state index is 12.2. The van der Waals surface area contributed by atoms with Crippen LogP contribution in [0.2, 0.25) is 0 Å². The van der Waals surface area contributed by atoms with Gasteiger partial charge in [-0.25, -0.2) is 4.79 Å². The Morgan fingerprint density at radius 2 is 1.50 bits per heavy atom. The average Bonchev–Trinajstić information content (AvgIpc) is 2.71. The minimum Gasteiger partial charge on any atom is -0.493 e. The van der Waals surface area contributed by atoms with Gasteiger partial charge in [0.15, 0.2) is 23.9 Å². The van der Waals surface area contributed by atoms with Crippen LogP contribution >= 0.6 is 0 Å². The monoisotopic (exact) mass is 385 g/mol. The number of carbonyl (C=O) groups excluding carboxylic acids is 3. The van der Waals surface area contributed by atoms with Crippen LogP contribution in [-0.4, -0.2) is 38.5 Å². The van der Waals surface area contributed by atoms with E-state index in [1.54, 1.807) is 44.2 Å². The molecular formula is C21H23NO6. The van der Waals surface area contributed by atoms with E-state index in [0.29, 0.717) is 22.7 Å². The fourth-order valence-corrected chi connectivity index (χ4v) is 2.29. The molecule has 0 saturated carbocycles. The third-order valence-electron chi connectivity index (χ3n) is 3.95. The Hall–Kier alpha value is -3.35. The first-order valence-corrected chi connectivity index (χ1v) is 8.69. The van der Waals surface area contributed by atoms with Crippen LogP contribution in [0, 0.1) is 5.92 Å². The van der Waals surface area contributed by atoms with E-state index < -0.39 is 12.6 Å². The van der Waals surface area contributed by atoms with Gasteiger partial charge in [-0.2, -0.15) is 0 Å². The molecule has 2 aromatic rings. The molecule has 0 aliphatic rings. The van der Waals surface area contributed by atoms with Gasteiger partial charge in [0.05, 0.1) is 19.8 Å². The van der Waals surface area contributed by atoms with Crippen molar-refractivity contribution in [2.75, 3.05) is 26.1 Å². The van der Waals surface area contributed by atoms with Gasteiger partial charge in [-0.05, 0) is 42.5 Å². The van der Waals surface area contributed by atoms with Crippen molar-refractivity contribution < 1.29 is 28.6 Å². The van der Waals surface area contributed by atoms with Gasteiger partial charge in [-0.15, -0.1) is 0 Å². The highest BCUT2D eigenvalue weighted by atomic mass is 16.5. The number of ether oxygens (including phenoxy) is 3. The summed E-state index contributed by atoms with van der Waals surface area (Å²) in [6.45, 7) is 3.19. The number of Topliss-reactive ketones (excluding diaryl/α,β-unsaturated/α-hetero) is 1. The van der Waals surface area contributed by atoms with Gasteiger partial charge in [0.25, 0.3) is 0 Å². The minimum absolute atomic E-state index is 0.108. The number of hydrogen-bond donors (Lipinski definition) is 1. The van der Waals surface area contributed by atoms with Crippen molar-refractivity contribution in [3.63, 3.8) is 0 Å². The van der Waals surface area contributed by atoms with Gasteiger partial charge >= 0.3 is 5.97 Å². The highest BCUT2D eigenvalue weighted by Crippen LogP contribution is 2.27. The van der Waals surface area contributed by atoms with E-state index in [1.807, 2.05) is 0 Å². The van der Waals surface area contributed by atoms with Crippen molar-refractivity contribution in [1.82, 2.24) is 0 Å². The Kier molecular flexibility index (Phi) is 7.14. The molecule has 1 N–H and O–H groups in total. The lowest BCUT2D eigenvalue weighted by Gasteiger charge is -2.10. The zero-order chi connectivity index (χ0) is 20.7. The quantitative estimate of drug-likeness (QED) is 0.554. The molecule has 0 aliphatic heterocycles. The van der Waals surface area contributed by atoms with Crippen molar-refractivity contribution in [3.8, 4) is 11.5 Å². The topological polar surface area (TPSA) is 90.9 Å². The Bertz CT molecular complexity index is 858. The molecule has 148 valence electrons. The first-order valence-electron chi connectivity index (χ1n) is 8.69. The lowest BCUT2D eigenvalue weighted by atomic mass is 10.1. The van der Waals surface area contributed by atoms with Crippen LogP contribution in [0.1, 0.15) is 34.6 Å². The van der Waals surface area contributed by atoms with Gasteiger partial charge < -0.3 is 19.5 Å². The number of methoxy groups -OCH3 is 2. The zero-order valence-corrected chi connectivity index (χ0v) is 16.3. The summed E-state index contributed by atoms with van der Waals surface area (Å²) in [5.41, 5.74) is 1.22. The van der Waals surface area contributed by atoms with Crippen LogP contribution < -0.4 is 14.8 Å². The van der Waals surface area contributed by atoms with Crippen LogP contribution in [0.5, 0.6) is 11.5 Å². The third kappa shape index (κ3) is 5.33. The second-order valence-corrected chi connectivity index (χ2v) is 6.29. The molecule has 0 spiro atoms. The maximum absolute atomic E-state index is 12.2. The van der Waals surface area contributed by atoms with Crippen molar-refractivity contribution >= 4 is 23.3 Å². The van der Waals surface area contributed by atoms with Crippen LogP contribution in [-0.2, 0) is 9.53 Å². The van der Waals surface area contributed by atoms with E-state index in [-0.39, 0.29) is 23.2 Å². The number of anilines is 1. The lowest BCUT2D eigenvalue weighted by molar-refractivity contribution is -0.118. The van der Waals surface area contributed by atoms with Crippen LogP contribution in [0.3, 0.4) is 0 Å². The Morgan fingerprint density at radius 1 is 0.893 bits per heavy atom. The van der Waals surface area contributed by atoms with E-state index in [0.717, 1.165) is 0 Å². The fraction of sp³-hybridized carbons (Fsp3) is 0.286. The highest BCUT2D eigenvalue weighted by Gasteiger charge is 2.15. The van der Waals surface area contributed by atoms with E-state index >= 15 is 0 Å². The molecule has 7 nitrogen and oxygen atoms in total. The second kappa shape index (κ2) is 9.55. The first kappa shape index (κ1) is 21.0. The molecule has 2 aromatic carbocycles. The number of nitrogens with one attached hydrogen (secondary N) is 1. The molecule has 0 saturated heterocycles. The summed E-state index contributed by atoms with van der Waals surface area (Å²) >= 11 is 0. The summed E-state index contributed by atoms with van der Waals surface area (Å²) in [6.07, 6.45) is 0. The summed E-state index contributed by atoms with van der Waals surface area (Å²) in [5.74, 6) is -0.368. The first-order chi connectivity index (χ1) is 13.3. The van der Waals surface area contributed by atoms with E-state index in [4.69, 9.17) is 14.2 Å². The van der Waals surface area contributed by atoms with Gasteiger partial charge in [-0.3, -0.25) is 9.59 Å². The number of carbonyl (C=O) groups is 3. The Balaban J connectivity index is 1.96. The van der Waals surface area contributed by atoms with Crippen molar-refractivity contribution in [3.05, 3.63) is 53.6 Å². The van der Waals surface area contributed by atoms with Gasteiger partial charge in [0, 0.05) is 17.2 Å². The van der Waals surface area contributed by atoms with Crippen LogP contribution in [0.4, 0.5) is 5.69 Å². The van der Waals surface area contributed by atoms with Crippen molar-refractivity contribution in [2.45, 2.75) is 13.8 Å². The summed E-state index contributed by atoms with van der Waals surface area (Å²) < 4.78 is 15.4. The molecule has 0 bridgehead atoms. The highest BCUT2D eigenvalue weighted by molar-refractivity contribution is 6.00. The van der Waals surface area contributed by atoms with Crippen molar-refractivity contribution in [2.24, 2.45) is 5.92 Å². The number of esters is 1. The Labute approximate surface area is 163 Å². The summed E-state index contributed by atoms with van der Waals surface area (Å²) in [4.78, 5) is 36.1. The Morgan fingerprint density at radius 3 is 2.07 bits per heavy atom. The zero-order valence-electron chi connectivity index (χ0n) is 16.3. The molecule has 0 unspecified atom stereocenters. The smallest absolute Gasteiger partial charge is 0.338 e. The largest absolute Gasteiger partial charge is 0.493 e. The predicted molar refractivity (Wildman–Crippen MR) is 104 cm³/mol. The molecule has 0 atom stereocenters. The van der Waals surface area contributed by atoms with E-state index in [1.165, 1.54) is 26.4 Å². The molecular weight excluding hydrogens is 362 g/mol. The molecule has 0 heterocycles. The SMILES string of the molecule is COc1ccc(C(=O)OCC(=O)c2ccc(NC(=O)C(C)C)cc2)cc1OC. The number of hydrogen-bond acceptors (Lipinski definition) is 6. The normalized spacial score (nSPS) is 10.3. The lowest BCUT2D eigenvalue weighted by Crippen LogP contribution is -2.18. The van der Waals surface area contributed by atoms with Gasteiger partial charge in [0.2, 0.25) is 5.91 Å². The van der Waals surface area contributed by atoms with Crippen molar-refractivity contribution in [1.29, 1.82) is 0 Å². The number of rotatable bonds is 8. The van der Waals surface area contributed by atoms with Gasteiger partial charge in [0.1, 0.15) is 0 Å². The van der Waals surface area contributed by atoms with E-state index in [2.05, 4.69) is 5.32 Å². The molecule has 0 aromatic heterocycles. The summed E-state index contributed by atoms with van der Waals surface area (Å²) in [6, 6.07) is 11.0. The number of amides is 1. The number of ketones is 1. The number of benzene rings is 2. The average molecular weight is 385 g/mol. The molecule has 1 amide bonds. The molecule has 7 heteroatoms. The molecule has 28 heavy (non-hydrogen) atoms. The summed E-state index contributed by atoms with van der Waals surface area (Å²) in [7, 11) is 2.96. The molecule has 2 rings (SSSR count). The maximum Gasteiger partial charge on any atom is 0.338 e. The van der Waals surface area contributed by atoms with E-state index in [9.17, 15) is 14.4 Å². The predicted octanol–water partition coefficient (Wildman–Crippen LogP) is 3.34. The fourth-order valence-electron chi connectivity index (χ4n) is 2.29. The molecule has 0 aliphatic carbocycles. The second-order valence-electron chi connectivity index (χ2n) is 6.29. The standard InChI is InChI=1S/C21H23NO6/c1-13(2)20(24)22-16-8-5-14(6-9-16)17(23)12-28-21(25)15-7-10-18(26-3)19(11-15)27-4/h5-11,13H,12H2,1-4H3,(H,22,24). The minimum atomic E-state index is -0.643. The summed E-state index contributed by atoms with van der Waals surface area (Å²) in [5, 5.41) is 2.74. The molecule has 0 radical (unpaired) electrons.